The maximum Gasteiger partial charge on any atom is 0.243 e. The van der Waals surface area contributed by atoms with Crippen LogP contribution in [-0.4, -0.2) is 37.5 Å². The molecule has 162 valence electrons. The number of benzene rings is 1. The number of aryl methyl sites for hydroxylation is 3. The van der Waals surface area contributed by atoms with Gasteiger partial charge in [0.2, 0.25) is 15.9 Å². The number of sulfonamides is 1. The highest BCUT2D eigenvalue weighted by Gasteiger charge is 2.27. The van der Waals surface area contributed by atoms with Crippen LogP contribution < -0.4 is 5.32 Å². The number of nitrogens with one attached hydrogen (secondary N) is 1. The number of hydrogen-bond donors (Lipinski definition) is 1. The van der Waals surface area contributed by atoms with Gasteiger partial charge < -0.3 is 5.32 Å². The van der Waals surface area contributed by atoms with E-state index in [1.807, 2.05) is 19.9 Å². The van der Waals surface area contributed by atoms with E-state index in [9.17, 15) is 18.0 Å². The molecule has 1 aromatic carbocycles. The number of thiophene rings is 1. The van der Waals surface area contributed by atoms with Crippen molar-refractivity contribution in [2.24, 2.45) is 0 Å². The fourth-order valence-corrected chi connectivity index (χ4v) is 6.40. The molecule has 2 aromatic rings. The molecule has 0 spiro atoms. The summed E-state index contributed by atoms with van der Waals surface area (Å²) in [7, 11) is -3.59. The van der Waals surface area contributed by atoms with Gasteiger partial charge in [0, 0.05) is 46.9 Å². The molecule has 1 aromatic heterocycles. The van der Waals surface area contributed by atoms with Crippen molar-refractivity contribution >= 4 is 38.7 Å². The Morgan fingerprint density at radius 3 is 2.37 bits per heavy atom. The Morgan fingerprint density at radius 2 is 1.73 bits per heavy atom. The largest absolute Gasteiger partial charge is 0.326 e. The maximum atomic E-state index is 13.0. The zero-order valence-electron chi connectivity index (χ0n) is 17.7. The monoisotopic (exact) mass is 448 g/mol. The van der Waals surface area contributed by atoms with Gasteiger partial charge in [-0.1, -0.05) is 12.5 Å². The van der Waals surface area contributed by atoms with Crippen LogP contribution in [0.1, 0.15) is 57.8 Å². The topological polar surface area (TPSA) is 83.5 Å². The van der Waals surface area contributed by atoms with Crippen molar-refractivity contribution < 1.29 is 18.0 Å². The quantitative estimate of drug-likeness (QED) is 0.634. The van der Waals surface area contributed by atoms with Crippen molar-refractivity contribution in [3.63, 3.8) is 0 Å². The van der Waals surface area contributed by atoms with Crippen molar-refractivity contribution in [1.29, 1.82) is 0 Å². The molecule has 2 heterocycles. The lowest BCUT2D eigenvalue weighted by atomic mass is 10.1. The number of nitrogens with zero attached hydrogens (tertiary/aromatic N) is 1. The van der Waals surface area contributed by atoms with Gasteiger partial charge >= 0.3 is 0 Å². The molecule has 1 saturated heterocycles. The minimum absolute atomic E-state index is 0.0508. The summed E-state index contributed by atoms with van der Waals surface area (Å²) in [5, 5.41) is 2.74. The van der Waals surface area contributed by atoms with Gasteiger partial charge in [-0.3, -0.25) is 9.59 Å². The first-order chi connectivity index (χ1) is 14.2. The Kier molecular flexibility index (Phi) is 7.10. The van der Waals surface area contributed by atoms with Crippen LogP contribution in [0.2, 0.25) is 0 Å². The summed E-state index contributed by atoms with van der Waals surface area (Å²) >= 11 is 1.57. The van der Waals surface area contributed by atoms with Gasteiger partial charge in [0.15, 0.2) is 5.78 Å². The number of carbonyl (C=O) groups excluding carboxylic acids is 2. The predicted molar refractivity (Wildman–Crippen MR) is 120 cm³/mol. The number of ketones is 1. The van der Waals surface area contributed by atoms with E-state index in [1.165, 1.54) is 10.4 Å². The lowest BCUT2D eigenvalue weighted by Crippen LogP contribution is -2.36. The summed E-state index contributed by atoms with van der Waals surface area (Å²) in [6.45, 7) is 6.67. The van der Waals surface area contributed by atoms with E-state index in [0.717, 1.165) is 29.0 Å². The molecule has 1 fully saturated rings. The molecule has 1 N–H and O–H groups in total. The molecular weight excluding hydrogens is 420 g/mol. The van der Waals surface area contributed by atoms with E-state index in [-0.39, 0.29) is 29.4 Å². The standard InChI is InChI=1S/C22H28N2O4S2/c1-15-7-8-18(14-21(15)30(27,28)24-11-5-4-6-12-24)23-22(26)10-9-20(25)19-13-16(2)29-17(19)3/h7-8,13-14H,4-6,9-12H2,1-3H3,(H,23,26). The maximum absolute atomic E-state index is 13.0. The Hall–Kier alpha value is -2.03. The van der Waals surface area contributed by atoms with E-state index in [2.05, 4.69) is 5.32 Å². The Balaban J connectivity index is 1.66. The fourth-order valence-electron chi connectivity index (χ4n) is 3.69. The summed E-state index contributed by atoms with van der Waals surface area (Å²) in [4.78, 5) is 27.0. The second kappa shape index (κ2) is 9.41. The van der Waals surface area contributed by atoms with Crippen LogP contribution in [0.25, 0.3) is 0 Å². The number of hydrogen-bond acceptors (Lipinski definition) is 5. The molecule has 0 radical (unpaired) electrons. The van der Waals surface area contributed by atoms with Crippen LogP contribution in [0.5, 0.6) is 0 Å². The molecule has 0 saturated carbocycles. The summed E-state index contributed by atoms with van der Waals surface area (Å²) < 4.78 is 27.6. The molecule has 1 aliphatic heterocycles. The van der Waals surface area contributed by atoms with Crippen molar-refractivity contribution in [3.05, 3.63) is 45.1 Å². The van der Waals surface area contributed by atoms with Gasteiger partial charge in [0.1, 0.15) is 0 Å². The molecule has 0 atom stereocenters. The summed E-state index contributed by atoms with van der Waals surface area (Å²) in [5.41, 5.74) is 1.75. The highest BCUT2D eigenvalue weighted by molar-refractivity contribution is 7.89. The number of rotatable bonds is 7. The van der Waals surface area contributed by atoms with Gasteiger partial charge in [-0.05, 0) is 57.4 Å². The number of anilines is 1. The van der Waals surface area contributed by atoms with Crippen LogP contribution in [-0.2, 0) is 14.8 Å². The van der Waals surface area contributed by atoms with Crippen LogP contribution in [0.4, 0.5) is 5.69 Å². The number of carbonyl (C=O) groups is 2. The molecule has 0 aliphatic carbocycles. The van der Waals surface area contributed by atoms with Crippen molar-refractivity contribution in [3.8, 4) is 0 Å². The predicted octanol–water partition coefficient (Wildman–Crippen LogP) is 4.45. The number of amides is 1. The zero-order chi connectivity index (χ0) is 21.9. The fraction of sp³-hybridized carbons (Fsp3) is 0.455. The molecule has 1 amide bonds. The SMILES string of the molecule is Cc1cc(C(=O)CCC(=O)Nc2ccc(C)c(S(=O)(=O)N3CCCCC3)c2)c(C)s1. The van der Waals surface area contributed by atoms with E-state index < -0.39 is 10.0 Å². The second-order valence-corrected chi connectivity index (χ2v) is 11.1. The lowest BCUT2D eigenvalue weighted by Gasteiger charge is -2.26. The second-order valence-electron chi connectivity index (χ2n) is 7.74. The third-order valence-corrected chi connectivity index (χ3v) is 8.33. The number of piperidine rings is 1. The van der Waals surface area contributed by atoms with Gasteiger partial charge in [0.25, 0.3) is 0 Å². The lowest BCUT2D eigenvalue weighted by molar-refractivity contribution is -0.116. The van der Waals surface area contributed by atoms with Crippen molar-refractivity contribution in [1.82, 2.24) is 4.31 Å². The van der Waals surface area contributed by atoms with E-state index in [0.29, 0.717) is 29.9 Å². The summed E-state index contributed by atoms with van der Waals surface area (Å²) in [5.74, 6) is -0.359. The molecule has 1 aliphatic rings. The van der Waals surface area contributed by atoms with E-state index in [1.54, 1.807) is 30.4 Å². The molecule has 0 bridgehead atoms. The number of Topliss-reactive ketones (excluding diaryl/α,β-unsaturated/α-hetero) is 1. The summed E-state index contributed by atoms with van der Waals surface area (Å²) in [6, 6.07) is 6.77. The Labute approximate surface area is 182 Å². The molecule has 6 nitrogen and oxygen atoms in total. The minimum Gasteiger partial charge on any atom is -0.326 e. The Bertz CT molecular complexity index is 1050. The molecule has 3 rings (SSSR count). The smallest absolute Gasteiger partial charge is 0.243 e. The highest BCUT2D eigenvalue weighted by Crippen LogP contribution is 2.26. The minimum atomic E-state index is -3.59. The van der Waals surface area contributed by atoms with Gasteiger partial charge in [-0.25, -0.2) is 8.42 Å². The van der Waals surface area contributed by atoms with Crippen LogP contribution in [0, 0.1) is 20.8 Å². The van der Waals surface area contributed by atoms with Gasteiger partial charge in [-0.15, -0.1) is 11.3 Å². The summed E-state index contributed by atoms with van der Waals surface area (Å²) in [6.07, 6.45) is 2.95. The van der Waals surface area contributed by atoms with Gasteiger partial charge in [-0.2, -0.15) is 4.31 Å². The van der Waals surface area contributed by atoms with Gasteiger partial charge in [0.05, 0.1) is 4.90 Å². The first-order valence-electron chi connectivity index (χ1n) is 10.2. The van der Waals surface area contributed by atoms with E-state index >= 15 is 0 Å². The molecular formula is C22H28N2O4S2. The molecule has 30 heavy (non-hydrogen) atoms. The average molecular weight is 449 g/mol. The zero-order valence-corrected chi connectivity index (χ0v) is 19.3. The molecule has 8 heteroatoms. The first kappa shape index (κ1) is 22.7. The normalized spacial score (nSPS) is 15.2. The average Bonchev–Trinajstić information content (AvgIpc) is 3.06. The Morgan fingerprint density at radius 1 is 1.03 bits per heavy atom. The third-order valence-electron chi connectivity index (χ3n) is 5.33. The van der Waals surface area contributed by atoms with Crippen molar-refractivity contribution in [2.45, 2.75) is 57.8 Å². The first-order valence-corrected chi connectivity index (χ1v) is 12.4. The highest BCUT2D eigenvalue weighted by atomic mass is 32.2. The van der Waals surface area contributed by atoms with Crippen LogP contribution >= 0.6 is 11.3 Å². The van der Waals surface area contributed by atoms with Crippen molar-refractivity contribution in [2.75, 3.05) is 18.4 Å². The van der Waals surface area contributed by atoms with E-state index in [4.69, 9.17) is 0 Å². The molecule has 0 unspecified atom stereocenters. The van der Waals surface area contributed by atoms with Crippen LogP contribution in [0.3, 0.4) is 0 Å². The third kappa shape index (κ3) is 5.17. The van der Waals surface area contributed by atoms with Crippen LogP contribution in [0.15, 0.2) is 29.2 Å².